The van der Waals surface area contributed by atoms with Crippen LogP contribution in [-0.4, -0.2) is 13.2 Å². The SMILES string of the molecule is C=CCCNOCC(=C)C. The molecule has 0 aromatic heterocycles. The van der Waals surface area contributed by atoms with Crippen LogP contribution in [0.15, 0.2) is 24.8 Å². The monoisotopic (exact) mass is 141 g/mol. The number of hydrogen-bond acceptors (Lipinski definition) is 2. The van der Waals surface area contributed by atoms with Crippen molar-refractivity contribution in [1.82, 2.24) is 5.48 Å². The first kappa shape index (κ1) is 9.40. The molecule has 0 saturated carbocycles. The smallest absolute Gasteiger partial charge is 0.0887 e. The van der Waals surface area contributed by atoms with E-state index in [9.17, 15) is 0 Å². The lowest BCUT2D eigenvalue weighted by molar-refractivity contribution is 0.0594. The highest BCUT2D eigenvalue weighted by molar-refractivity contribution is 4.86. The van der Waals surface area contributed by atoms with Gasteiger partial charge in [-0.05, 0) is 13.3 Å². The van der Waals surface area contributed by atoms with Crippen molar-refractivity contribution < 1.29 is 4.84 Å². The Kier molecular flexibility index (Phi) is 6.13. The zero-order chi connectivity index (χ0) is 7.82. The molecule has 1 N–H and O–H groups in total. The fourth-order valence-electron chi connectivity index (χ4n) is 0.407. The van der Waals surface area contributed by atoms with Crippen LogP contribution in [0.25, 0.3) is 0 Å². The van der Waals surface area contributed by atoms with E-state index < -0.39 is 0 Å². The minimum Gasteiger partial charge on any atom is -0.297 e. The summed E-state index contributed by atoms with van der Waals surface area (Å²) in [6, 6.07) is 0. The van der Waals surface area contributed by atoms with E-state index in [4.69, 9.17) is 4.84 Å². The molecule has 0 heterocycles. The van der Waals surface area contributed by atoms with Crippen molar-refractivity contribution in [2.24, 2.45) is 0 Å². The second kappa shape index (κ2) is 6.52. The van der Waals surface area contributed by atoms with Gasteiger partial charge in [0.25, 0.3) is 0 Å². The highest BCUT2D eigenvalue weighted by Crippen LogP contribution is 1.84. The molecule has 0 amide bonds. The van der Waals surface area contributed by atoms with Gasteiger partial charge in [-0.25, -0.2) is 5.48 Å². The highest BCUT2D eigenvalue weighted by atomic mass is 16.6. The molecule has 2 nitrogen and oxygen atoms in total. The number of rotatable bonds is 6. The van der Waals surface area contributed by atoms with E-state index in [1.165, 1.54) is 0 Å². The lowest BCUT2D eigenvalue weighted by Gasteiger charge is -2.02. The summed E-state index contributed by atoms with van der Waals surface area (Å²) in [5, 5.41) is 0. The standard InChI is InChI=1S/C8H15NO/c1-4-5-6-9-10-7-8(2)3/h4,9H,1-2,5-7H2,3H3. The van der Waals surface area contributed by atoms with Crippen molar-refractivity contribution >= 4 is 0 Å². The first-order valence-corrected chi connectivity index (χ1v) is 3.37. The third-order valence-electron chi connectivity index (χ3n) is 0.871. The number of hydroxylamine groups is 1. The van der Waals surface area contributed by atoms with E-state index in [0.29, 0.717) is 6.61 Å². The zero-order valence-electron chi connectivity index (χ0n) is 6.52. The van der Waals surface area contributed by atoms with Crippen LogP contribution in [0.3, 0.4) is 0 Å². The largest absolute Gasteiger partial charge is 0.297 e. The summed E-state index contributed by atoms with van der Waals surface area (Å²) < 4.78 is 0. The fraction of sp³-hybridized carbons (Fsp3) is 0.500. The predicted molar refractivity (Wildman–Crippen MR) is 43.6 cm³/mol. The maximum atomic E-state index is 5.00. The summed E-state index contributed by atoms with van der Waals surface area (Å²) in [4.78, 5) is 5.00. The predicted octanol–water partition coefficient (Wildman–Crippen LogP) is 1.66. The summed E-state index contributed by atoms with van der Waals surface area (Å²) in [5.41, 5.74) is 3.81. The first-order valence-electron chi connectivity index (χ1n) is 3.37. The van der Waals surface area contributed by atoms with Crippen molar-refractivity contribution in [3.63, 3.8) is 0 Å². The van der Waals surface area contributed by atoms with Crippen LogP contribution < -0.4 is 5.48 Å². The maximum Gasteiger partial charge on any atom is 0.0887 e. The van der Waals surface area contributed by atoms with Gasteiger partial charge in [0.2, 0.25) is 0 Å². The molecule has 58 valence electrons. The third-order valence-corrected chi connectivity index (χ3v) is 0.871. The second-order valence-electron chi connectivity index (χ2n) is 2.22. The third kappa shape index (κ3) is 7.40. The summed E-state index contributed by atoms with van der Waals surface area (Å²) >= 11 is 0. The van der Waals surface area contributed by atoms with Crippen molar-refractivity contribution in [2.45, 2.75) is 13.3 Å². The molecule has 0 fully saturated rings. The minimum atomic E-state index is 0.580. The molecular formula is C8H15NO. The van der Waals surface area contributed by atoms with Crippen molar-refractivity contribution in [2.75, 3.05) is 13.2 Å². The Balaban J connectivity index is 2.90. The van der Waals surface area contributed by atoms with Gasteiger partial charge < -0.3 is 0 Å². The molecule has 2 heteroatoms. The van der Waals surface area contributed by atoms with Gasteiger partial charge in [0.15, 0.2) is 0 Å². The quantitative estimate of drug-likeness (QED) is 0.345. The van der Waals surface area contributed by atoms with Gasteiger partial charge in [0.05, 0.1) is 6.61 Å². The van der Waals surface area contributed by atoms with Crippen LogP contribution >= 0.6 is 0 Å². The van der Waals surface area contributed by atoms with Gasteiger partial charge in [-0.15, -0.1) is 6.58 Å². The molecule has 0 unspecified atom stereocenters. The molecular weight excluding hydrogens is 126 g/mol. The van der Waals surface area contributed by atoms with Crippen molar-refractivity contribution in [3.05, 3.63) is 24.8 Å². The van der Waals surface area contributed by atoms with Crippen molar-refractivity contribution in [1.29, 1.82) is 0 Å². The molecule has 0 aromatic rings. The molecule has 0 radical (unpaired) electrons. The van der Waals surface area contributed by atoms with Gasteiger partial charge >= 0.3 is 0 Å². The van der Waals surface area contributed by atoms with Crippen LogP contribution in [0.2, 0.25) is 0 Å². The van der Waals surface area contributed by atoms with Gasteiger partial charge in [-0.3, -0.25) is 4.84 Å². The molecule has 0 aliphatic carbocycles. The minimum absolute atomic E-state index is 0.580. The van der Waals surface area contributed by atoms with Crippen LogP contribution in [0.1, 0.15) is 13.3 Å². The molecule has 0 bridgehead atoms. The summed E-state index contributed by atoms with van der Waals surface area (Å²) in [7, 11) is 0. The lowest BCUT2D eigenvalue weighted by atomic mass is 10.4. The van der Waals surface area contributed by atoms with E-state index in [0.717, 1.165) is 18.5 Å². The summed E-state index contributed by atoms with van der Waals surface area (Å²) in [6.45, 7) is 10.6. The van der Waals surface area contributed by atoms with E-state index in [-0.39, 0.29) is 0 Å². The van der Waals surface area contributed by atoms with E-state index in [1.807, 2.05) is 13.0 Å². The van der Waals surface area contributed by atoms with Crippen LogP contribution in [0.4, 0.5) is 0 Å². The summed E-state index contributed by atoms with van der Waals surface area (Å²) in [5.74, 6) is 0. The highest BCUT2D eigenvalue weighted by Gasteiger charge is 1.84. The number of hydrogen-bond donors (Lipinski definition) is 1. The molecule has 0 aliphatic rings. The molecule has 0 aliphatic heterocycles. The average Bonchev–Trinajstić information content (AvgIpc) is 1.87. The fourth-order valence-corrected chi connectivity index (χ4v) is 0.407. The van der Waals surface area contributed by atoms with E-state index in [1.54, 1.807) is 0 Å². The Morgan fingerprint density at radius 2 is 2.40 bits per heavy atom. The normalized spacial score (nSPS) is 9.30. The second-order valence-corrected chi connectivity index (χ2v) is 2.22. The molecule has 0 spiro atoms. The Labute approximate surface area is 62.5 Å². The van der Waals surface area contributed by atoms with Crippen LogP contribution in [-0.2, 0) is 4.84 Å². The summed E-state index contributed by atoms with van der Waals surface area (Å²) in [6.07, 6.45) is 2.77. The van der Waals surface area contributed by atoms with Crippen LogP contribution in [0.5, 0.6) is 0 Å². The molecule has 0 rings (SSSR count). The lowest BCUT2D eigenvalue weighted by Crippen LogP contribution is -2.16. The van der Waals surface area contributed by atoms with Gasteiger partial charge in [0, 0.05) is 6.54 Å². The Hall–Kier alpha value is -0.600. The number of nitrogens with one attached hydrogen (secondary N) is 1. The topological polar surface area (TPSA) is 21.3 Å². The van der Waals surface area contributed by atoms with Crippen molar-refractivity contribution in [3.8, 4) is 0 Å². The Bertz CT molecular complexity index is 110. The Morgan fingerprint density at radius 1 is 1.70 bits per heavy atom. The van der Waals surface area contributed by atoms with Gasteiger partial charge in [-0.1, -0.05) is 18.2 Å². The molecule has 10 heavy (non-hydrogen) atoms. The van der Waals surface area contributed by atoms with Gasteiger partial charge in [0.1, 0.15) is 0 Å². The molecule has 0 saturated heterocycles. The Morgan fingerprint density at radius 3 is 2.90 bits per heavy atom. The molecule has 0 atom stereocenters. The zero-order valence-corrected chi connectivity index (χ0v) is 6.52. The molecule has 0 aromatic carbocycles. The van der Waals surface area contributed by atoms with E-state index >= 15 is 0 Å². The first-order chi connectivity index (χ1) is 4.77. The average molecular weight is 141 g/mol. The van der Waals surface area contributed by atoms with E-state index in [2.05, 4.69) is 18.6 Å². The maximum absolute atomic E-state index is 5.00. The van der Waals surface area contributed by atoms with Crippen LogP contribution in [0, 0.1) is 0 Å². The van der Waals surface area contributed by atoms with Gasteiger partial charge in [-0.2, -0.15) is 0 Å².